The quantitative estimate of drug-likeness (QED) is 0.857. The minimum atomic E-state index is -0.0705. The van der Waals surface area contributed by atoms with Gasteiger partial charge in [0.05, 0.1) is 7.11 Å². The fraction of sp³-hybridized carbons (Fsp3) is 0.364. The van der Waals surface area contributed by atoms with Crippen molar-refractivity contribution in [2.45, 2.75) is 19.9 Å². The van der Waals surface area contributed by atoms with E-state index in [0.717, 1.165) is 0 Å². The van der Waals surface area contributed by atoms with Gasteiger partial charge in [0.1, 0.15) is 5.75 Å². The molecule has 4 heteroatoms. The number of methoxy groups -OCH3 is 1. The van der Waals surface area contributed by atoms with E-state index in [0.29, 0.717) is 11.3 Å². The van der Waals surface area contributed by atoms with Gasteiger partial charge in [0, 0.05) is 11.6 Å². The number of nitrogens with one attached hydrogen (secondary N) is 1. The molecule has 0 atom stereocenters. The first-order valence-corrected chi connectivity index (χ1v) is 4.58. The molecule has 1 aromatic carbocycles. The van der Waals surface area contributed by atoms with Gasteiger partial charge in [0.15, 0.2) is 0 Å². The van der Waals surface area contributed by atoms with Crippen molar-refractivity contribution in [3.8, 4) is 5.75 Å². The molecule has 0 fully saturated rings. The summed E-state index contributed by atoms with van der Waals surface area (Å²) < 4.78 is 5.03. The largest absolute Gasteiger partial charge is 0.497 e. The minimum Gasteiger partial charge on any atom is -0.497 e. The summed E-state index contributed by atoms with van der Waals surface area (Å²) >= 11 is 0. The van der Waals surface area contributed by atoms with Gasteiger partial charge >= 0.3 is 0 Å². The summed E-state index contributed by atoms with van der Waals surface area (Å²) in [6.07, 6.45) is 0. The number of carbonyl (C=O) groups is 1. The molecule has 0 heterocycles. The van der Waals surface area contributed by atoms with Gasteiger partial charge in [-0.1, -0.05) is 6.07 Å². The molecule has 1 N–H and O–H groups in total. The Morgan fingerprint density at radius 3 is 2.60 bits per heavy atom. The topological polar surface area (TPSA) is 38.3 Å². The highest BCUT2D eigenvalue weighted by Gasteiger charge is 2.06. The van der Waals surface area contributed by atoms with Crippen LogP contribution in [0, 0.1) is 0 Å². The van der Waals surface area contributed by atoms with E-state index in [1.54, 1.807) is 25.3 Å². The SMILES string of the molecule is COc1cccc(C(=O)NC(C)C)c1.S. The first kappa shape index (κ1) is 13.8. The lowest BCUT2D eigenvalue weighted by Gasteiger charge is -2.08. The Morgan fingerprint density at radius 1 is 1.40 bits per heavy atom. The second kappa shape index (κ2) is 6.35. The van der Waals surface area contributed by atoms with Crippen LogP contribution in [0.15, 0.2) is 24.3 Å². The van der Waals surface area contributed by atoms with Crippen molar-refractivity contribution in [2.24, 2.45) is 0 Å². The summed E-state index contributed by atoms with van der Waals surface area (Å²) in [5.41, 5.74) is 0.623. The summed E-state index contributed by atoms with van der Waals surface area (Å²) in [5.74, 6) is 0.625. The average molecular weight is 227 g/mol. The molecular formula is C11H17NO2S. The molecule has 0 unspecified atom stereocenters. The third-order valence-electron chi connectivity index (χ3n) is 1.75. The van der Waals surface area contributed by atoms with E-state index < -0.39 is 0 Å². The van der Waals surface area contributed by atoms with Crippen molar-refractivity contribution in [3.05, 3.63) is 29.8 Å². The van der Waals surface area contributed by atoms with Gasteiger partial charge in [-0.3, -0.25) is 4.79 Å². The zero-order chi connectivity index (χ0) is 10.6. The molecule has 0 aliphatic rings. The second-order valence-corrected chi connectivity index (χ2v) is 3.36. The monoisotopic (exact) mass is 227 g/mol. The molecule has 1 rings (SSSR count). The lowest BCUT2D eigenvalue weighted by Crippen LogP contribution is -2.29. The molecule has 0 spiro atoms. The first-order valence-electron chi connectivity index (χ1n) is 4.58. The number of ether oxygens (including phenoxy) is 1. The lowest BCUT2D eigenvalue weighted by atomic mass is 10.2. The summed E-state index contributed by atoms with van der Waals surface area (Å²) in [6, 6.07) is 7.24. The molecule has 1 amide bonds. The zero-order valence-corrected chi connectivity index (χ0v) is 10.2. The molecule has 15 heavy (non-hydrogen) atoms. The Morgan fingerprint density at radius 2 is 2.07 bits per heavy atom. The van der Waals surface area contributed by atoms with Crippen LogP contribution in [0.25, 0.3) is 0 Å². The average Bonchev–Trinajstić information content (AvgIpc) is 2.17. The standard InChI is InChI=1S/C11H15NO2.H2S/c1-8(2)12-11(13)9-5-4-6-10(7-9)14-3;/h4-8H,1-3H3,(H,12,13);1H2. The Labute approximate surface area is 97.3 Å². The van der Waals surface area contributed by atoms with Crippen LogP contribution in [0.2, 0.25) is 0 Å². The molecule has 1 aromatic rings. The predicted molar refractivity (Wildman–Crippen MR) is 66.0 cm³/mol. The van der Waals surface area contributed by atoms with E-state index in [-0.39, 0.29) is 25.4 Å². The summed E-state index contributed by atoms with van der Waals surface area (Å²) in [4.78, 5) is 11.6. The van der Waals surface area contributed by atoms with Crippen LogP contribution in [-0.4, -0.2) is 19.1 Å². The third-order valence-corrected chi connectivity index (χ3v) is 1.75. The Hall–Kier alpha value is -1.16. The van der Waals surface area contributed by atoms with E-state index in [1.165, 1.54) is 0 Å². The number of benzene rings is 1. The number of hydrogen-bond donors (Lipinski definition) is 1. The van der Waals surface area contributed by atoms with E-state index in [2.05, 4.69) is 5.32 Å². The highest BCUT2D eigenvalue weighted by atomic mass is 32.1. The van der Waals surface area contributed by atoms with Crippen LogP contribution < -0.4 is 10.1 Å². The number of rotatable bonds is 3. The Kier molecular flexibility index (Phi) is 5.86. The van der Waals surface area contributed by atoms with Crippen LogP contribution >= 0.6 is 13.5 Å². The normalized spacial score (nSPS) is 9.33. The van der Waals surface area contributed by atoms with Crippen LogP contribution in [-0.2, 0) is 0 Å². The van der Waals surface area contributed by atoms with Gasteiger partial charge < -0.3 is 10.1 Å². The highest BCUT2D eigenvalue weighted by molar-refractivity contribution is 7.59. The summed E-state index contributed by atoms with van der Waals surface area (Å²) in [6.45, 7) is 3.86. The second-order valence-electron chi connectivity index (χ2n) is 3.36. The number of hydrogen-bond acceptors (Lipinski definition) is 2. The van der Waals surface area contributed by atoms with Gasteiger partial charge in [0.2, 0.25) is 0 Å². The van der Waals surface area contributed by atoms with Crippen molar-refractivity contribution in [3.63, 3.8) is 0 Å². The van der Waals surface area contributed by atoms with E-state index in [9.17, 15) is 4.79 Å². The van der Waals surface area contributed by atoms with Crippen LogP contribution in [0.5, 0.6) is 5.75 Å². The zero-order valence-electron chi connectivity index (χ0n) is 9.20. The first-order chi connectivity index (χ1) is 6.63. The molecule has 0 radical (unpaired) electrons. The van der Waals surface area contributed by atoms with Crippen molar-refractivity contribution < 1.29 is 9.53 Å². The van der Waals surface area contributed by atoms with Crippen LogP contribution in [0.4, 0.5) is 0 Å². The fourth-order valence-corrected chi connectivity index (χ4v) is 1.11. The van der Waals surface area contributed by atoms with Crippen LogP contribution in [0.3, 0.4) is 0 Å². The maximum atomic E-state index is 11.6. The third kappa shape index (κ3) is 4.25. The molecule has 3 nitrogen and oxygen atoms in total. The van der Waals surface area contributed by atoms with Crippen LogP contribution in [0.1, 0.15) is 24.2 Å². The van der Waals surface area contributed by atoms with Crippen molar-refractivity contribution in [1.29, 1.82) is 0 Å². The maximum Gasteiger partial charge on any atom is 0.251 e. The smallest absolute Gasteiger partial charge is 0.251 e. The van der Waals surface area contributed by atoms with E-state index in [4.69, 9.17) is 4.74 Å². The predicted octanol–water partition coefficient (Wildman–Crippen LogP) is 1.95. The van der Waals surface area contributed by atoms with Gasteiger partial charge in [-0.25, -0.2) is 0 Å². The fourth-order valence-electron chi connectivity index (χ4n) is 1.11. The van der Waals surface area contributed by atoms with E-state index in [1.807, 2.05) is 19.9 Å². The molecule has 0 aromatic heterocycles. The van der Waals surface area contributed by atoms with Crippen molar-refractivity contribution in [2.75, 3.05) is 7.11 Å². The molecular weight excluding hydrogens is 210 g/mol. The van der Waals surface area contributed by atoms with Gasteiger partial charge in [-0.15, -0.1) is 0 Å². The Balaban J connectivity index is 0.00000196. The summed E-state index contributed by atoms with van der Waals surface area (Å²) in [5, 5.41) is 2.82. The van der Waals surface area contributed by atoms with Gasteiger partial charge in [0.25, 0.3) is 5.91 Å². The molecule has 0 saturated heterocycles. The molecule has 0 bridgehead atoms. The van der Waals surface area contributed by atoms with Gasteiger partial charge in [-0.05, 0) is 32.0 Å². The summed E-state index contributed by atoms with van der Waals surface area (Å²) in [7, 11) is 1.58. The van der Waals surface area contributed by atoms with Gasteiger partial charge in [-0.2, -0.15) is 13.5 Å². The van der Waals surface area contributed by atoms with Crippen molar-refractivity contribution >= 4 is 19.4 Å². The molecule has 84 valence electrons. The van der Waals surface area contributed by atoms with E-state index >= 15 is 0 Å². The lowest BCUT2D eigenvalue weighted by molar-refractivity contribution is 0.0943. The Bertz CT molecular complexity index is 326. The molecule has 0 aliphatic carbocycles. The molecule has 0 aliphatic heterocycles. The minimum absolute atomic E-state index is 0. The van der Waals surface area contributed by atoms with Crippen molar-refractivity contribution in [1.82, 2.24) is 5.32 Å². The molecule has 0 saturated carbocycles. The number of amides is 1. The highest BCUT2D eigenvalue weighted by Crippen LogP contribution is 2.12. The number of carbonyl (C=O) groups excluding carboxylic acids is 1. The maximum absolute atomic E-state index is 11.6.